The van der Waals surface area contributed by atoms with Gasteiger partial charge in [0.25, 0.3) is 0 Å². The maximum Gasteiger partial charge on any atom is 0.0637 e. The van der Waals surface area contributed by atoms with E-state index in [-0.39, 0.29) is 0 Å². The minimum absolute atomic E-state index is 0.396. The summed E-state index contributed by atoms with van der Waals surface area (Å²) < 4.78 is 0. The van der Waals surface area contributed by atoms with Crippen LogP contribution in [0.25, 0.3) is 0 Å². The fourth-order valence-electron chi connectivity index (χ4n) is 2.43. The zero-order valence-electron chi connectivity index (χ0n) is 11.0. The Balaban J connectivity index is 2.30. The number of aryl methyl sites for hydroxylation is 1. The van der Waals surface area contributed by atoms with Crippen molar-refractivity contribution >= 4 is 0 Å². The first-order valence-corrected chi connectivity index (χ1v) is 6.68. The van der Waals surface area contributed by atoms with E-state index in [0.717, 1.165) is 18.5 Å². The number of unbranched alkanes of at least 4 members (excludes halogenated alkanes) is 1. The first-order chi connectivity index (χ1) is 8.65. The van der Waals surface area contributed by atoms with E-state index < -0.39 is 5.54 Å². The molecule has 1 aromatic rings. The molecule has 18 heavy (non-hydrogen) atoms. The normalized spacial score (nSPS) is 22.9. The predicted octanol–water partition coefficient (Wildman–Crippen LogP) is 2.99. The number of hydrogen-bond donors (Lipinski definition) is 2. The topological polar surface area (TPSA) is 52.0 Å². The van der Waals surface area contributed by atoms with E-state index in [0.29, 0.717) is 0 Å². The van der Waals surface area contributed by atoms with E-state index in [1.165, 1.54) is 24.0 Å². The van der Waals surface area contributed by atoms with Crippen molar-refractivity contribution in [1.29, 1.82) is 0 Å². The SMILES string of the molecule is CCCCc1ccccc1C1(N)C=CC(N)=CC1. The molecule has 0 spiro atoms. The van der Waals surface area contributed by atoms with Gasteiger partial charge in [-0.15, -0.1) is 0 Å². The van der Waals surface area contributed by atoms with Gasteiger partial charge in [-0.3, -0.25) is 0 Å². The standard InChI is InChI=1S/C16H22N2/c1-2-3-6-13-7-4-5-8-15(13)16(18)11-9-14(17)10-12-16/h4-5,7-11H,2-3,6,12,17-18H2,1H3. The van der Waals surface area contributed by atoms with Crippen molar-refractivity contribution in [2.24, 2.45) is 11.5 Å². The third kappa shape index (κ3) is 2.65. The Morgan fingerprint density at radius 1 is 1.28 bits per heavy atom. The molecule has 0 fully saturated rings. The van der Waals surface area contributed by atoms with Gasteiger partial charge in [0.1, 0.15) is 0 Å². The summed E-state index contributed by atoms with van der Waals surface area (Å²) in [5.41, 5.74) is 15.3. The van der Waals surface area contributed by atoms with Crippen LogP contribution in [-0.4, -0.2) is 0 Å². The minimum Gasteiger partial charge on any atom is -0.399 e. The van der Waals surface area contributed by atoms with Crippen molar-refractivity contribution < 1.29 is 0 Å². The average Bonchev–Trinajstić information content (AvgIpc) is 2.40. The lowest BCUT2D eigenvalue weighted by atomic mass is 9.81. The van der Waals surface area contributed by atoms with Gasteiger partial charge >= 0.3 is 0 Å². The van der Waals surface area contributed by atoms with Crippen LogP contribution in [0.5, 0.6) is 0 Å². The molecule has 0 heterocycles. The van der Waals surface area contributed by atoms with Crippen LogP contribution in [0.4, 0.5) is 0 Å². The summed E-state index contributed by atoms with van der Waals surface area (Å²) in [6.07, 6.45) is 10.2. The summed E-state index contributed by atoms with van der Waals surface area (Å²) in [7, 11) is 0. The molecular formula is C16H22N2. The number of benzene rings is 1. The van der Waals surface area contributed by atoms with Gasteiger partial charge < -0.3 is 11.5 Å². The fraction of sp³-hybridized carbons (Fsp3) is 0.375. The van der Waals surface area contributed by atoms with Crippen molar-refractivity contribution in [3.05, 3.63) is 59.3 Å². The molecule has 1 atom stereocenters. The van der Waals surface area contributed by atoms with Gasteiger partial charge in [-0.25, -0.2) is 0 Å². The zero-order valence-corrected chi connectivity index (χ0v) is 11.0. The molecule has 1 aromatic carbocycles. The van der Waals surface area contributed by atoms with Crippen LogP contribution in [0.15, 0.2) is 48.2 Å². The van der Waals surface area contributed by atoms with Crippen LogP contribution in [-0.2, 0) is 12.0 Å². The lowest BCUT2D eigenvalue weighted by Gasteiger charge is -2.30. The molecule has 0 amide bonds. The second-order valence-corrected chi connectivity index (χ2v) is 5.04. The minimum atomic E-state index is -0.396. The molecule has 1 unspecified atom stereocenters. The summed E-state index contributed by atoms with van der Waals surface area (Å²) in [5.74, 6) is 0. The van der Waals surface area contributed by atoms with Crippen molar-refractivity contribution in [1.82, 2.24) is 0 Å². The summed E-state index contributed by atoms with van der Waals surface area (Å²) in [4.78, 5) is 0. The predicted molar refractivity (Wildman–Crippen MR) is 76.9 cm³/mol. The molecule has 0 bridgehead atoms. The second-order valence-electron chi connectivity index (χ2n) is 5.04. The average molecular weight is 242 g/mol. The first kappa shape index (κ1) is 12.9. The van der Waals surface area contributed by atoms with Gasteiger partial charge in [-0.2, -0.15) is 0 Å². The van der Waals surface area contributed by atoms with E-state index in [4.69, 9.17) is 11.5 Å². The number of nitrogens with two attached hydrogens (primary N) is 2. The molecule has 0 saturated heterocycles. The van der Waals surface area contributed by atoms with Gasteiger partial charge in [0.2, 0.25) is 0 Å². The third-order valence-corrected chi connectivity index (χ3v) is 3.57. The van der Waals surface area contributed by atoms with Crippen molar-refractivity contribution in [3.8, 4) is 0 Å². The fourth-order valence-corrected chi connectivity index (χ4v) is 2.43. The lowest BCUT2D eigenvalue weighted by Crippen LogP contribution is -2.36. The molecule has 96 valence electrons. The van der Waals surface area contributed by atoms with Crippen LogP contribution >= 0.6 is 0 Å². The van der Waals surface area contributed by atoms with Gasteiger partial charge in [-0.1, -0.05) is 49.8 Å². The van der Waals surface area contributed by atoms with Crippen LogP contribution in [0.2, 0.25) is 0 Å². The molecule has 1 aliphatic rings. The third-order valence-electron chi connectivity index (χ3n) is 3.57. The number of allylic oxidation sites excluding steroid dienone is 1. The molecular weight excluding hydrogens is 220 g/mol. The van der Waals surface area contributed by atoms with Gasteiger partial charge in [0.15, 0.2) is 0 Å². The molecule has 4 N–H and O–H groups in total. The van der Waals surface area contributed by atoms with Gasteiger partial charge in [-0.05, 0) is 36.5 Å². The lowest BCUT2D eigenvalue weighted by molar-refractivity contribution is 0.553. The van der Waals surface area contributed by atoms with E-state index in [1.54, 1.807) is 0 Å². The highest BCUT2D eigenvalue weighted by Crippen LogP contribution is 2.31. The van der Waals surface area contributed by atoms with Gasteiger partial charge in [0, 0.05) is 5.70 Å². The molecule has 1 aliphatic carbocycles. The Bertz CT molecular complexity index is 474. The monoisotopic (exact) mass is 242 g/mol. The van der Waals surface area contributed by atoms with Crippen molar-refractivity contribution in [2.45, 2.75) is 38.1 Å². The highest BCUT2D eigenvalue weighted by atomic mass is 14.7. The van der Waals surface area contributed by atoms with E-state index in [1.807, 2.05) is 18.2 Å². The summed E-state index contributed by atoms with van der Waals surface area (Å²) in [5, 5.41) is 0. The van der Waals surface area contributed by atoms with Crippen molar-refractivity contribution in [2.75, 3.05) is 0 Å². The highest BCUT2D eigenvalue weighted by Gasteiger charge is 2.27. The van der Waals surface area contributed by atoms with E-state index >= 15 is 0 Å². The Hall–Kier alpha value is -1.54. The zero-order chi connectivity index (χ0) is 13.0. The van der Waals surface area contributed by atoms with Crippen LogP contribution in [0.3, 0.4) is 0 Å². The Morgan fingerprint density at radius 3 is 2.72 bits per heavy atom. The van der Waals surface area contributed by atoms with E-state index in [9.17, 15) is 0 Å². The Morgan fingerprint density at radius 2 is 2.06 bits per heavy atom. The maximum atomic E-state index is 6.53. The highest BCUT2D eigenvalue weighted by molar-refractivity contribution is 5.41. The maximum absolute atomic E-state index is 6.53. The smallest absolute Gasteiger partial charge is 0.0637 e. The quantitative estimate of drug-likeness (QED) is 0.852. The van der Waals surface area contributed by atoms with Crippen LogP contribution in [0, 0.1) is 0 Å². The first-order valence-electron chi connectivity index (χ1n) is 6.68. The van der Waals surface area contributed by atoms with Gasteiger partial charge in [0.05, 0.1) is 5.54 Å². The molecule has 2 nitrogen and oxygen atoms in total. The molecule has 2 heteroatoms. The number of rotatable bonds is 4. The summed E-state index contributed by atoms with van der Waals surface area (Å²) in [6, 6.07) is 8.49. The van der Waals surface area contributed by atoms with E-state index in [2.05, 4.69) is 31.2 Å². The summed E-state index contributed by atoms with van der Waals surface area (Å²) in [6.45, 7) is 2.21. The Labute approximate surface area is 109 Å². The molecule has 0 radical (unpaired) electrons. The summed E-state index contributed by atoms with van der Waals surface area (Å²) >= 11 is 0. The Kier molecular flexibility index (Phi) is 3.87. The van der Waals surface area contributed by atoms with Crippen molar-refractivity contribution in [3.63, 3.8) is 0 Å². The van der Waals surface area contributed by atoms with Crippen LogP contribution in [0.1, 0.15) is 37.3 Å². The van der Waals surface area contributed by atoms with Crippen LogP contribution < -0.4 is 11.5 Å². The molecule has 0 saturated carbocycles. The second kappa shape index (κ2) is 5.40. The largest absolute Gasteiger partial charge is 0.399 e. The molecule has 2 rings (SSSR count). The molecule has 0 aromatic heterocycles. The molecule has 0 aliphatic heterocycles. The number of hydrogen-bond acceptors (Lipinski definition) is 2.